The highest BCUT2D eigenvalue weighted by molar-refractivity contribution is 5.11. The van der Waals surface area contributed by atoms with Crippen LogP contribution in [0.4, 0.5) is 0 Å². The number of nitrogens with zero attached hydrogens (tertiary/aromatic N) is 8. The number of aryl methyl sites for hydroxylation is 4. The second-order valence-corrected chi connectivity index (χ2v) is 5.26. The molecule has 2 aromatic rings. The van der Waals surface area contributed by atoms with Crippen molar-refractivity contribution >= 4 is 6.79 Å². The van der Waals surface area contributed by atoms with E-state index in [9.17, 15) is 0 Å². The lowest BCUT2D eigenvalue weighted by atomic mass is 10.2. The maximum absolute atomic E-state index is 8.00. The summed E-state index contributed by atoms with van der Waals surface area (Å²) in [6.45, 7) is 4.00. The molecule has 0 atom stereocenters. The second kappa shape index (κ2) is 8.96. The molecule has 120 valence electrons. The summed E-state index contributed by atoms with van der Waals surface area (Å²) in [6, 6.07) is 0. The molecule has 4 rings (SSSR count). The summed E-state index contributed by atoms with van der Waals surface area (Å²) in [5, 5.41) is 22.8. The summed E-state index contributed by atoms with van der Waals surface area (Å²) in [6.07, 6.45) is 9.60. The third-order valence-electron chi connectivity index (χ3n) is 3.75. The average molecular weight is 306 g/mol. The molecular weight excluding hydrogens is 284 g/mol. The van der Waals surface area contributed by atoms with Crippen molar-refractivity contribution in [1.29, 1.82) is 0 Å². The normalized spacial score (nSPS) is 16.5. The molecule has 0 bridgehead atoms. The first-order valence-corrected chi connectivity index (χ1v) is 7.72. The van der Waals surface area contributed by atoms with Crippen LogP contribution in [-0.2, 0) is 30.7 Å². The van der Waals surface area contributed by atoms with Crippen molar-refractivity contribution in [2.45, 2.75) is 64.5 Å². The Kier molecular flexibility index (Phi) is 6.59. The molecule has 0 radical (unpaired) electrons. The Labute approximate surface area is 129 Å². The molecule has 0 spiro atoms. The van der Waals surface area contributed by atoms with Crippen LogP contribution in [0.3, 0.4) is 0 Å². The molecule has 0 fully saturated rings. The molecule has 0 saturated heterocycles. The van der Waals surface area contributed by atoms with Crippen LogP contribution in [0, 0.1) is 0 Å². The number of carbonyl (C=O) groups excluding carboxylic acids is 1. The van der Waals surface area contributed by atoms with Crippen LogP contribution in [0.5, 0.6) is 0 Å². The first kappa shape index (κ1) is 16.2. The van der Waals surface area contributed by atoms with Gasteiger partial charge in [0.15, 0.2) is 11.6 Å². The van der Waals surface area contributed by atoms with Crippen molar-refractivity contribution in [2.75, 3.05) is 0 Å². The van der Waals surface area contributed by atoms with Gasteiger partial charge in [0.2, 0.25) is 0 Å². The van der Waals surface area contributed by atoms with Gasteiger partial charge in [-0.1, -0.05) is 12.8 Å². The Bertz CT molecular complexity index is 462. The number of fused-ring (bicyclic) bond motifs is 2. The highest BCUT2D eigenvalue weighted by atomic mass is 16.1. The topological polar surface area (TPSA) is 104 Å². The third-order valence-corrected chi connectivity index (χ3v) is 3.75. The smallest absolute Gasteiger partial charge is 0.151 e. The molecule has 0 amide bonds. The fourth-order valence-corrected chi connectivity index (χ4v) is 2.59. The lowest BCUT2D eigenvalue weighted by Crippen LogP contribution is -2.02. The van der Waals surface area contributed by atoms with E-state index in [1.807, 2.05) is 16.2 Å². The highest BCUT2D eigenvalue weighted by Gasteiger charge is 2.09. The minimum absolute atomic E-state index is 1.00. The van der Waals surface area contributed by atoms with Crippen LogP contribution in [0.1, 0.15) is 50.2 Å². The Morgan fingerprint density at radius 2 is 1.14 bits per heavy atom. The predicted octanol–water partition coefficient (Wildman–Crippen LogP) is 0.614. The van der Waals surface area contributed by atoms with E-state index in [1.165, 1.54) is 38.5 Å². The highest BCUT2D eigenvalue weighted by Crippen LogP contribution is 2.10. The van der Waals surface area contributed by atoms with E-state index in [2.05, 4.69) is 31.1 Å². The van der Waals surface area contributed by atoms with Crippen molar-refractivity contribution in [3.05, 3.63) is 11.6 Å². The van der Waals surface area contributed by atoms with Crippen LogP contribution < -0.4 is 0 Å². The Hall–Kier alpha value is -2.19. The van der Waals surface area contributed by atoms with Crippen molar-refractivity contribution in [3.8, 4) is 0 Å². The van der Waals surface area contributed by atoms with E-state index in [0.717, 1.165) is 37.6 Å². The Balaban J connectivity index is 0.000000144. The number of hydrogen-bond acceptors (Lipinski definition) is 7. The molecule has 4 heterocycles. The molecule has 0 saturated carbocycles. The van der Waals surface area contributed by atoms with Gasteiger partial charge < -0.3 is 4.79 Å². The SMILES string of the molecule is C1CCc2nnnn2CC1.C1CCc2nnnn2CC1.C=O. The van der Waals surface area contributed by atoms with Gasteiger partial charge in [0.05, 0.1) is 0 Å². The zero-order valence-electron chi connectivity index (χ0n) is 12.8. The van der Waals surface area contributed by atoms with Gasteiger partial charge in [-0.25, -0.2) is 9.36 Å². The number of carbonyl (C=O) groups is 1. The number of rotatable bonds is 0. The minimum atomic E-state index is 1.00. The van der Waals surface area contributed by atoms with Crippen LogP contribution in [0.2, 0.25) is 0 Å². The zero-order chi connectivity index (χ0) is 15.6. The predicted molar refractivity (Wildman–Crippen MR) is 77.9 cm³/mol. The first-order chi connectivity index (χ1) is 10.9. The first-order valence-electron chi connectivity index (χ1n) is 7.72. The monoisotopic (exact) mass is 306 g/mol. The summed E-state index contributed by atoms with van der Waals surface area (Å²) in [5.41, 5.74) is 0. The molecular formula is C13H22N8O. The lowest BCUT2D eigenvalue weighted by Gasteiger charge is -1.94. The fourth-order valence-electron chi connectivity index (χ4n) is 2.59. The van der Waals surface area contributed by atoms with Crippen molar-refractivity contribution < 1.29 is 4.79 Å². The number of aromatic nitrogens is 8. The Morgan fingerprint density at radius 3 is 1.59 bits per heavy atom. The van der Waals surface area contributed by atoms with Gasteiger partial charge in [0.1, 0.15) is 6.79 Å². The van der Waals surface area contributed by atoms with Crippen LogP contribution >= 0.6 is 0 Å². The maximum Gasteiger partial charge on any atom is 0.151 e. The summed E-state index contributed by atoms with van der Waals surface area (Å²) >= 11 is 0. The molecule has 0 aliphatic carbocycles. The summed E-state index contributed by atoms with van der Waals surface area (Å²) in [4.78, 5) is 8.00. The summed E-state index contributed by atoms with van der Waals surface area (Å²) in [7, 11) is 0. The zero-order valence-corrected chi connectivity index (χ0v) is 12.8. The average Bonchev–Trinajstić information content (AvgIpc) is 3.07. The van der Waals surface area contributed by atoms with Crippen molar-refractivity contribution in [2.24, 2.45) is 0 Å². The van der Waals surface area contributed by atoms with Crippen LogP contribution in [0.15, 0.2) is 0 Å². The van der Waals surface area contributed by atoms with E-state index < -0.39 is 0 Å². The molecule has 9 nitrogen and oxygen atoms in total. The molecule has 2 aliphatic heterocycles. The molecule has 9 heteroatoms. The van der Waals surface area contributed by atoms with Crippen LogP contribution in [-0.4, -0.2) is 47.2 Å². The van der Waals surface area contributed by atoms with Crippen molar-refractivity contribution in [3.63, 3.8) is 0 Å². The van der Waals surface area contributed by atoms with E-state index >= 15 is 0 Å². The third kappa shape index (κ3) is 4.40. The van der Waals surface area contributed by atoms with Gasteiger partial charge in [0.25, 0.3) is 0 Å². The minimum Gasteiger partial charge on any atom is -0.307 e. The second-order valence-electron chi connectivity index (χ2n) is 5.26. The van der Waals surface area contributed by atoms with Crippen molar-refractivity contribution in [1.82, 2.24) is 40.4 Å². The van der Waals surface area contributed by atoms with E-state index in [-0.39, 0.29) is 0 Å². The molecule has 2 aromatic heterocycles. The summed E-state index contributed by atoms with van der Waals surface area (Å²) < 4.78 is 3.82. The number of tetrazole rings is 2. The molecule has 2 aliphatic rings. The van der Waals surface area contributed by atoms with Gasteiger partial charge in [-0.3, -0.25) is 0 Å². The maximum atomic E-state index is 8.00. The fraction of sp³-hybridized carbons (Fsp3) is 0.769. The summed E-state index contributed by atoms with van der Waals surface area (Å²) in [5.74, 6) is 2.11. The van der Waals surface area contributed by atoms with E-state index in [4.69, 9.17) is 4.79 Å². The van der Waals surface area contributed by atoms with Crippen LogP contribution in [0.25, 0.3) is 0 Å². The van der Waals surface area contributed by atoms with Gasteiger partial charge >= 0.3 is 0 Å². The molecule has 0 unspecified atom stereocenters. The lowest BCUT2D eigenvalue weighted by molar-refractivity contribution is -0.0979. The molecule has 22 heavy (non-hydrogen) atoms. The number of hydrogen-bond donors (Lipinski definition) is 0. The van der Waals surface area contributed by atoms with Gasteiger partial charge in [-0.05, 0) is 46.5 Å². The quantitative estimate of drug-likeness (QED) is 0.702. The largest absolute Gasteiger partial charge is 0.307 e. The van der Waals surface area contributed by atoms with E-state index in [0.29, 0.717) is 0 Å². The van der Waals surface area contributed by atoms with Gasteiger partial charge in [0, 0.05) is 25.9 Å². The molecule has 0 N–H and O–H groups in total. The van der Waals surface area contributed by atoms with Gasteiger partial charge in [-0.15, -0.1) is 10.2 Å². The Morgan fingerprint density at radius 1 is 0.682 bits per heavy atom. The molecule has 0 aromatic carbocycles. The standard InChI is InChI=1S/2C6H10N4.CH2O/c2*1-2-4-6-7-8-9-10(6)5-3-1;1-2/h2*1-5H2;1H2. The van der Waals surface area contributed by atoms with Gasteiger partial charge in [-0.2, -0.15) is 0 Å². The van der Waals surface area contributed by atoms with E-state index in [1.54, 1.807) is 0 Å².